The summed E-state index contributed by atoms with van der Waals surface area (Å²) in [6.07, 6.45) is 0.0821. The van der Waals surface area contributed by atoms with Crippen molar-refractivity contribution in [3.8, 4) is 0 Å². The summed E-state index contributed by atoms with van der Waals surface area (Å²) in [4.78, 5) is 29.2. The van der Waals surface area contributed by atoms with Crippen molar-refractivity contribution in [2.24, 2.45) is 5.92 Å². The second-order valence-electron chi connectivity index (χ2n) is 10.9. The molecule has 0 radical (unpaired) electrons. The Morgan fingerprint density at radius 1 is 0.844 bits per heavy atom. The molecule has 2 amide bonds. The van der Waals surface area contributed by atoms with E-state index < -0.39 is 46.1 Å². The molecule has 0 aliphatic heterocycles. The molecule has 0 aliphatic carbocycles. The Morgan fingerprint density at radius 2 is 1.47 bits per heavy atom. The molecule has 0 heterocycles. The largest absolute Gasteiger partial charge is 0.354 e. The van der Waals surface area contributed by atoms with Crippen molar-refractivity contribution in [3.63, 3.8) is 0 Å². The first kappa shape index (κ1) is 33.6. The van der Waals surface area contributed by atoms with E-state index in [9.17, 15) is 26.8 Å². The predicted molar refractivity (Wildman–Crippen MR) is 171 cm³/mol. The molecular weight excluding hydrogens is 620 g/mol. The van der Waals surface area contributed by atoms with Crippen LogP contribution in [0.5, 0.6) is 0 Å². The fourth-order valence-electron chi connectivity index (χ4n) is 4.68. The van der Waals surface area contributed by atoms with Gasteiger partial charge < -0.3 is 10.2 Å². The third-order valence-corrected chi connectivity index (χ3v) is 9.13. The fourth-order valence-corrected chi connectivity index (χ4v) is 6.28. The average molecular weight is 654 g/mol. The number of halogens is 3. The van der Waals surface area contributed by atoms with Gasteiger partial charge in [-0.25, -0.2) is 17.2 Å². The van der Waals surface area contributed by atoms with Gasteiger partial charge in [0, 0.05) is 25.1 Å². The molecule has 1 atom stereocenters. The van der Waals surface area contributed by atoms with Crippen LogP contribution in [0.15, 0.2) is 108 Å². The molecule has 0 spiro atoms. The van der Waals surface area contributed by atoms with Crippen molar-refractivity contribution in [2.75, 3.05) is 17.4 Å². The van der Waals surface area contributed by atoms with E-state index in [4.69, 9.17) is 11.6 Å². The number of amides is 2. The van der Waals surface area contributed by atoms with E-state index in [1.54, 1.807) is 36.4 Å². The van der Waals surface area contributed by atoms with Gasteiger partial charge in [0.05, 0.1) is 15.6 Å². The molecule has 0 aromatic heterocycles. The van der Waals surface area contributed by atoms with Gasteiger partial charge in [0.25, 0.3) is 10.0 Å². The Kier molecular flexibility index (Phi) is 11.3. The minimum absolute atomic E-state index is 0.0617. The molecule has 4 rings (SSSR count). The SMILES string of the molecule is CC(C)CNC(=O)C(Cc1ccccc1)N(Cc1ccccc1F)C(=O)CN(c1ccc(F)c(Cl)c1)S(=O)(=O)c1ccccc1. The summed E-state index contributed by atoms with van der Waals surface area (Å²) in [5.41, 5.74) is 0.823. The molecule has 45 heavy (non-hydrogen) atoms. The number of sulfonamides is 1. The Bertz CT molecular complexity index is 1720. The van der Waals surface area contributed by atoms with Crippen LogP contribution >= 0.6 is 11.6 Å². The molecule has 1 N–H and O–H groups in total. The van der Waals surface area contributed by atoms with Gasteiger partial charge in [-0.1, -0.05) is 92.2 Å². The molecule has 0 saturated carbocycles. The second kappa shape index (κ2) is 15.1. The van der Waals surface area contributed by atoms with Crippen LogP contribution in [0.2, 0.25) is 5.02 Å². The second-order valence-corrected chi connectivity index (χ2v) is 13.2. The molecule has 4 aromatic carbocycles. The molecule has 0 bridgehead atoms. The van der Waals surface area contributed by atoms with E-state index >= 15 is 0 Å². The molecule has 0 fully saturated rings. The van der Waals surface area contributed by atoms with Crippen LogP contribution in [-0.2, 0) is 32.6 Å². The van der Waals surface area contributed by atoms with Gasteiger partial charge in [-0.05, 0) is 47.9 Å². The van der Waals surface area contributed by atoms with Gasteiger partial charge in [0.15, 0.2) is 0 Å². The van der Waals surface area contributed by atoms with Crippen molar-refractivity contribution < 1.29 is 26.8 Å². The zero-order valence-electron chi connectivity index (χ0n) is 24.9. The highest BCUT2D eigenvalue weighted by Crippen LogP contribution is 2.28. The zero-order chi connectivity index (χ0) is 32.6. The number of hydrogen-bond acceptors (Lipinski definition) is 4. The van der Waals surface area contributed by atoms with Gasteiger partial charge >= 0.3 is 0 Å². The van der Waals surface area contributed by atoms with Crippen molar-refractivity contribution >= 4 is 39.1 Å². The van der Waals surface area contributed by atoms with E-state index in [2.05, 4.69) is 5.32 Å². The lowest BCUT2D eigenvalue weighted by atomic mass is 10.0. The van der Waals surface area contributed by atoms with Crippen molar-refractivity contribution in [3.05, 3.63) is 131 Å². The number of carbonyl (C=O) groups is 2. The zero-order valence-corrected chi connectivity index (χ0v) is 26.4. The topological polar surface area (TPSA) is 86.8 Å². The van der Waals surface area contributed by atoms with E-state index in [1.807, 2.05) is 19.9 Å². The van der Waals surface area contributed by atoms with Crippen molar-refractivity contribution in [1.29, 1.82) is 0 Å². The van der Waals surface area contributed by atoms with Crippen LogP contribution in [0.3, 0.4) is 0 Å². The van der Waals surface area contributed by atoms with E-state index in [0.717, 1.165) is 22.0 Å². The average Bonchev–Trinajstić information content (AvgIpc) is 3.03. The first-order chi connectivity index (χ1) is 21.5. The molecule has 7 nitrogen and oxygen atoms in total. The standard InChI is InChI=1S/C34H34ClF2N3O4S/c1-24(2)21-38-34(42)32(19-25-11-5-3-6-12-25)39(22-26-13-9-10-16-30(26)36)33(41)23-40(27-17-18-31(37)29(35)20-27)45(43,44)28-14-7-4-8-15-28/h3-18,20,24,32H,19,21-23H2,1-2H3,(H,38,42). The number of nitrogens with zero attached hydrogens (tertiary/aromatic N) is 2. The molecular formula is C34H34ClF2N3O4S. The normalized spacial score (nSPS) is 12.0. The van der Waals surface area contributed by atoms with Gasteiger partial charge in [0.1, 0.15) is 24.2 Å². The smallest absolute Gasteiger partial charge is 0.264 e. The third-order valence-electron chi connectivity index (χ3n) is 7.06. The Labute approximate surface area is 267 Å². The lowest BCUT2D eigenvalue weighted by Crippen LogP contribution is -2.53. The number of rotatable bonds is 13. The Hall–Kier alpha value is -4.28. The van der Waals surface area contributed by atoms with Crippen LogP contribution in [-0.4, -0.2) is 44.3 Å². The predicted octanol–water partition coefficient (Wildman–Crippen LogP) is 6.23. The Balaban J connectivity index is 1.82. The number of benzene rings is 4. The first-order valence-corrected chi connectivity index (χ1v) is 16.2. The highest BCUT2D eigenvalue weighted by atomic mass is 35.5. The van der Waals surface area contributed by atoms with E-state index in [1.165, 1.54) is 53.4 Å². The van der Waals surface area contributed by atoms with E-state index in [-0.39, 0.29) is 40.1 Å². The van der Waals surface area contributed by atoms with E-state index in [0.29, 0.717) is 6.54 Å². The summed E-state index contributed by atoms with van der Waals surface area (Å²) in [5, 5.41) is 2.53. The highest BCUT2D eigenvalue weighted by molar-refractivity contribution is 7.92. The van der Waals surface area contributed by atoms with Crippen LogP contribution in [0, 0.1) is 17.6 Å². The third kappa shape index (κ3) is 8.67. The minimum atomic E-state index is -4.39. The van der Waals surface area contributed by atoms with Crippen LogP contribution < -0.4 is 9.62 Å². The summed E-state index contributed by atoms with van der Waals surface area (Å²) in [5.74, 6) is -2.50. The van der Waals surface area contributed by atoms with Gasteiger partial charge in [-0.15, -0.1) is 0 Å². The summed E-state index contributed by atoms with van der Waals surface area (Å²) in [7, 11) is -4.39. The highest BCUT2D eigenvalue weighted by Gasteiger charge is 2.35. The lowest BCUT2D eigenvalue weighted by molar-refractivity contribution is -0.140. The first-order valence-electron chi connectivity index (χ1n) is 14.3. The number of carbonyl (C=O) groups excluding carboxylic acids is 2. The summed E-state index contributed by atoms with van der Waals surface area (Å²) in [6.45, 7) is 3.08. The summed E-state index contributed by atoms with van der Waals surface area (Å²) < 4.78 is 57.8. The molecule has 1 unspecified atom stereocenters. The minimum Gasteiger partial charge on any atom is -0.354 e. The van der Waals surface area contributed by atoms with Crippen molar-refractivity contribution in [1.82, 2.24) is 10.2 Å². The van der Waals surface area contributed by atoms with Crippen LogP contribution in [0.25, 0.3) is 0 Å². The summed E-state index contributed by atoms with van der Waals surface area (Å²) in [6, 6.07) is 24.5. The monoisotopic (exact) mass is 653 g/mol. The maximum absolute atomic E-state index is 15.0. The molecule has 11 heteroatoms. The van der Waals surface area contributed by atoms with Gasteiger partial charge in [-0.3, -0.25) is 13.9 Å². The van der Waals surface area contributed by atoms with Crippen molar-refractivity contribution in [2.45, 2.75) is 37.8 Å². The van der Waals surface area contributed by atoms with Crippen LogP contribution in [0.1, 0.15) is 25.0 Å². The molecule has 236 valence electrons. The summed E-state index contributed by atoms with van der Waals surface area (Å²) >= 11 is 6.03. The van der Waals surface area contributed by atoms with Gasteiger partial charge in [0.2, 0.25) is 11.8 Å². The number of anilines is 1. The molecule has 4 aromatic rings. The van der Waals surface area contributed by atoms with Crippen LogP contribution in [0.4, 0.5) is 14.5 Å². The lowest BCUT2D eigenvalue weighted by Gasteiger charge is -2.34. The maximum Gasteiger partial charge on any atom is 0.264 e. The molecule has 0 saturated heterocycles. The molecule has 0 aliphatic rings. The number of hydrogen-bond donors (Lipinski definition) is 1. The Morgan fingerprint density at radius 3 is 2.09 bits per heavy atom. The maximum atomic E-state index is 15.0. The van der Waals surface area contributed by atoms with Gasteiger partial charge in [-0.2, -0.15) is 0 Å². The fraction of sp³-hybridized carbons (Fsp3) is 0.235. The number of nitrogens with one attached hydrogen (secondary N) is 1. The quantitative estimate of drug-likeness (QED) is 0.186.